The molecule has 2 heterocycles. The smallest absolute Gasteiger partial charge is 0.290 e. The van der Waals surface area contributed by atoms with Gasteiger partial charge in [0.1, 0.15) is 23.9 Å². The number of rotatable bonds is 10. The average molecular weight is 732 g/mol. The van der Waals surface area contributed by atoms with Crippen LogP contribution in [-0.2, 0) is 46.4 Å². The first-order chi connectivity index (χ1) is 25.4. The standard InChI is InChI=1S/C36H45N9O8/c37-36(38)39-16-4-8-26-31(49)34(52)44-27(19-22-6-2-1-3-7-22)32(50)42-24(18-23-10-13-25(47)14-11-23)12-15-30(48)40-20-28(41-21-46)35(53)45-17-5-9-29(45)33(51)43-26/h1-3,6-7,10-15,21,24,26-29,47H,4-5,8-9,16-20H2,(H,40,48)(H,41,46)(H,42,50)(H,43,51)(H,44,52)(H4,37,38,39)/b15-12+/t24-,26?,27+,28-,29-/m0/s1. The van der Waals surface area contributed by atoms with E-state index in [2.05, 4.69) is 31.6 Å². The summed E-state index contributed by atoms with van der Waals surface area (Å²) in [5.74, 6) is -4.95. The van der Waals surface area contributed by atoms with Gasteiger partial charge in [0.05, 0.1) is 12.1 Å². The number of hydrogen-bond acceptors (Lipinski definition) is 9. The number of carbonyl (C=O) groups excluding carboxylic acids is 7. The molecule has 2 aliphatic heterocycles. The summed E-state index contributed by atoms with van der Waals surface area (Å²) in [5, 5.41) is 22.7. The molecule has 1 unspecified atom stereocenters. The summed E-state index contributed by atoms with van der Waals surface area (Å²) in [5.41, 5.74) is 12.2. The number of benzene rings is 2. The number of carbonyl (C=O) groups is 7. The van der Waals surface area contributed by atoms with Gasteiger partial charge in [0, 0.05) is 32.1 Å². The first-order valence-electron chi connectivity index (χ1n) is 17.2. The lowest BCUT2D eigenvalue weighted by Gasteiger charge is -2.29. The molecule has 1 saturated heterocycles. The van der Waals surface area contributed by atoms with E-state index in [0.29, 0.717) is 24.0 Å². The first-order valence-corrected chi connectivity index (χ1v) is 17.2. The zero-order valence-electron chi connectivity index (χ0n) is 29.0. The highest BCUT2D eigenvalue weighted by molar-refractivity contribution is 6.38. The van der Waals surface area contributed by atoms with E-state index >= 15 is 0 Å². The Morgan fingerprint density at radius 2 is 1.62 bits per heavy atom. The molecular weight excluding hydrogens is 686 g/mol. The monoisotopic (exact) mass is 731 g/mol. The molecule has 1 fully saturated rings. The lowest BCUT2D eigenvalue weighted by atomic mass is 10.0. The Kier molecular flexibility index (Phi) is 14.4. The van der Waals surface area contributed by atoms with Gasteiger partial charge in [0.25, 0.3) is 5.91 Å². The van der Waals surface area contributed by atoms with Gasteiger partial charge in [0.2, 0.25) is 35.8 Å². The molecule has 0 spiro atoms. The number of aromatic hydroxyl groups is 1. The number of hydrogen-bond donors (Lipinski definition) is 8. The highest BCUT2D eigenvalue weighted by atomic mass is 16.3. The summed E-state index contributed by atoms with van der Waals surface area (Å²) in [6, 6.07) is 9.29. The van der Waals surface area contributed by atoms with Crippen LogP contribution in [0.3, 0.4) is 0 Å². The summed E-state index contributed by atoms with van der Waals surface area (Å²) in [6.07, 6.45) is 3.88. The first kappa shape index (κ1) is 39.5. The summed E-state index contributed by atoms with van der Waals surface area (Å²) in [4.78, 5) is 98.2. The van der Waals surface area contributed by atoms with Gasteiger partial charge in [0.15, 0.2) is 5.96 Å². The number of nitrogens with two attached hydrogens (primary N) is 2. The van der Waals surface area contributed by atoms with Crippen LogP contribution in [0.15, 0.2) is 71.7 Å². The van der Waals surface area contributed by atoms with Gasteiger partial charge in [-0.3, -0.25) is 38.6 Å². The summed E-state index contributed by atoms with van der Waals surface area (Å²) < 4.78 is 0. The van der Waals surface area contributed by atoms with Gasteiger partial charge in [-0.05, 0) is 55.4 Å². The third-order valence-electron chi connectivity index (χ3n) is 8.79. The summed E-state index contributed by atoms with van der Waals surface area (Å²) in [6.45, 7) is -0.0548. The van der Waals surface area contributed by atoms with Crippen molar-refractivity contribution in [1.29, 1.82) is 0 Å². The molecular formula is C36H45N9O8. The van der Waals surface area contributed by atoms with Crippen LogP contribution < -0.4 is 38.1 Å². The third-order valence-corrected chi connectivity index (χ3v) is 8.79. The topological polar surface area (TPSA) is 268 Å². The second kappa shape index (κ2) is 19.4. The Morgan fingerprint density at radius 1 is 0.906 bits per heavy atom. The number of phenols is 1. The zero-order chi connectivity index (χ0) is 38.3. The molecule has 17 nitrogen and oxygen atoms in total. The maximum absolute atomic E-state index is 13.9. The Bertz CT molecular complexity index is 1700. The van der Waals surface area contributed by atoms with Crippen LogP contribution >= 0.6 is 0 Å². The van der Waals surface area contributed by atoms with Gasteiger partial charge in [-0.2, -0.15) is 0 Å². The van der Waals surface area contributed by atoms with Crippen LogP contribution in [-0.4, -0.2) is 108 Å². The zero-order valence-corrected chi connectivity index (χ0v) is 29.0. The minimum Gasteiger partial charge on any atom is -0.508 e. The molecule has 2 aromatic carbocycles. The summed E-state index contributed by atoms with van der Waals surface area (Å²) in [7, 11) is 0. The average Bonchev–Trinajstić information content (AvgIpc) is 3.64. The van der Waals surface area contributed by atoms with E-state index in [1.807, 2.05) is 0 Å². The number of aliphatic imine (C=N–C) groups is 1. The van der Waals surface area contributed by atoms with E-state index in [0.717, 1.165) is 6.08 Å². The van der Waals surface area contributed by atoms with Gasteiger partial charge in [-0.15, -0.1) is 0 Å². The van der Waals surface area contributed by atoms with Crippen molar-refractivity contribution >= 4 is 47.7 Å². The van der Waals surface area contributed by atoms with Crippen molar-refractivity contribution in [3.8, 4) is 5.75 Å². The number of fused-ring (bicyclic) bond motifs is 1. The molecule has 0 bridgehead atoms. The largest absolute Gasteiger partial charge is 0.508 e. The van der Waals surface area contributed by atoms with E-state index in [1.54, 1.807) is 42.5 Å². The molecule has 6 amide bonds. The molecule has 5 atom stereocenters. The van der Waals surface area contributed by atoms with Crippen LogP contribution in [0.25, 0.3) is 0 Å². The molecule has 53 heavy (non-hydrogen) atoms. The second-order valence-electron chi connectivity index (χ2n) is 12.7. The fourth-order valence-electron chi connectivity index (χ4n) is 6.09. The Hall–Kier alpha value is -6.26. The molecule has 2 aromatic rings. The predicted octanol–water partition coefficient (Wildman–Crippen LogP) is -1.95. The quantitative estimate of drug-likeness (QED) is 0.0440. The maximum atomic E-state index is 13.9. The predicted molar refractivity (Wildman–Crippen MR) is 193 cm³/mol. The van der Waals surface area contributed by atoms with Crippen LogP contribution in [0.5, 0.6) is 5.75 Å². The van der Waals surface area contributed by atoms with Crippen molar-refractivity contribution in [3.05, 3.63) is 77.9 Å². The van der Waals surface area contributed by atoms with E-state index in [9.17, 15) is 38.7 Å². The molecule has 0 radical (unpaired) electrons. The molecule has 0 aliphatic carbocycles. The highest BCUT2D eigenvalue weighted by Crippen LogP contribution is 2.20. The third kappa shape index (κ3) is 11.9. The van der Waals surface area contributed by atoms with Gasteiger partial charge in [-0.25, -0.2) is 0 Å². The summed E-state index contributed by atoms with van der Waals surface area (Å²) >= 11 is 0. The number of guanidine groups is 1. The number of phenolic OH excluding ortho intramolecular Hbond substituents is 1. The number of Topliss-reactive ketones (excluding diaryl/α,β-unsaturated/α-hetero) is 1. The maximum Gasteiger partial charge on any atom is 0.290 e. The normalized spacial score (nSPS) is 23.8. The fourth-order valence-corrected chi connectivity index (χ4v) is 6.09. The van der Waals surface area contributed by atoms with Crippen LogP contribution in [0.2, 0.25) is 0 Å². The van der Waals surface area contributed by atoms with Gasteiger partial charge < -0.3 is 48.1 Å². The van der Waals surface area contributed by atoms with Crippen LogP contribution in [0, 0.1) is 0 Å². The van der Waals surface area contributed by atoms with Gasteiger partial charge in [-0.1, -0.05) is 48.5 Å². The van der Waals surface area contributed by atoms with E-state index < -0.39 is 65.5 Å². The minimum atomic E-state index is -1.37. The van der Waals surface area contributed by atoms with Crippen LogP contribution in [0.4, 0.5) is 0 Å². The molecule has 4 rings (SSSR count). The highest BCUT2D eigenvalue weighted by Gasteiger charge is 2.39. The molecule has 2 aliphatic rings. The second-order valence-corrected chi connectivity index (χ2v) is 12.7. The van der Waals surface area contributed by atoms with E-state index in [4.69, 9.17) is 11.5 Å². The number of ketones is 1. The lowest BCUT2D eigenvalue weighted by molar-refractivity contribution is -0.143. The Morgan fingerprint density at radius 3 is 2.32 bits per heavy atom. The molecule has 0 saturated carbocycles. The molecule has 0 aromatic heterocycles. The van der Waals surface area contributed by atoms with Gasteiger partial charge >= 0.3 is 0 Å². The van der Waals surface area contributed by atoms with Crippen molar-refractivity contribution in [2.24, 2.45) is 16.5 Å². The number of nitrogens with one attached hydrogen (secondary N) is 5. The number of amides is 6. The van der Waals surface area contributed by atoms with Crippen molar-refractivity contribution in [3.63, 3.8) is 0 Å². The fraction of sp³-hybridized carbons (Fsp3) is 0.389. The minimum absolute atomic E-state index is 0.00634. The van der Waals surface area contributed by atoms with Crippen molar-refractivity contribution < 1.29 is 38.7 Å². The van der Waals surface area contributed by atoms with Crippen molar-refractivity contribution in [1.82, 2.24) is 31.5 Å². The van der Waals surface area contributed by atoms with Crippen molar-refractivity contribution in [2.75, 3.05) is 19.6 Å². The molecule has 282 valence electrons. The van der Waals surface area contributed by atoms with Crippen molar-refractivity contribution in [2.45, 2.75) is 68.7 Å². The number of nitrogens with zero attached hydrogens (tertiary/aromatic N) is 2. The van der Waals surface area contributed by atoms with Crippen LogP contribution in [0.1, 0.15) is 36.8 Å². The molecule has 17 heteroatoms. The Balaban J connectivity index is 1.71. The molecule has 10 N–H and O–H groups in total. The SMILES string of the molecule is NC(N)=NCCCC1NC(=O)[C@@H]2CCCN2C(=O)[C@@H](NC=O)CNC(=O)/C=C/[C@@H](Cc2ccc(O)cc2)NC(=O)[C@@H](Cc2ccccc2)NC(=O)C1=O. The lowest BCUT2D eigenvalue weighted by Crippen LogP contribution is -2.58. The van der Waals surface area contributed by atoms with E-state index in [1.165, 1.54) is 23.1 Å². The van der Waals surface area contributed by atoms with E-state index in [-0.39, 0.29) is 63.4 Å². The Labute approximate surface area is 306 Å².